The van der Waals surface area contributed by atoms with Gasteiger partial charge in [0.1, 0.15) is 0 Å². The highest BCUT2D eigenvalue weighted by Crippen LogP contribution is 2.17. The van der Waals surface area contributed by atoms with Crippen LogP contribution in [0.15, 0.2) is 30.5 Å². The molecule has 16 heavy (non-hydrogen) atoms. The Hall–Kier alpha value is -2.10. The normalized spacial score (nSPS) is 10.3. The molecule has 4 heteroatoms. The molecule has 0 bridgehead atoms. The molecule has 0 atom stereocenters. The molecule has 0 saturated heterocycles. The van der Waals surface area contributed by atoms with E-state index < -0.39 is 5.97 Å². The SMILES string of the molecule is CCc1ccc(-c2cnc(C(=O)O)[nH]2)cc1. The number of rotatable bonds is 3. The van der Waals surface area contributed by atoms with E-state index in [0.717, 1.165) is 17.7 Å². The van der Waals surface area contributed by atoms with Gasteiger partial charge < -0.3 is 10.1 Å². The second-order valence-electron chi connectivity index (χ2n) is 3.50. The fourth-order valence-corrected chi connectivity index (χ4v) is 1.50. The summed E-state index contributed by atoms with van der Waals surface area (Å²) in [7, 11) is 0. The lowest BCUT2D eigenvalue weighted by Crippen LogP contribution is -1.98. The average Bonchev–Trinajstić information content (AvgIpc) is 2.78. The number of aromatic nitrogens is 2. The Morgan fingerprint density at radius 3 is 2.56 bits per heavy atom. The summed E-state index contributed by atoms with van der Waals surface area (Å²) in [6.07, 6.45) is 2.52. The van der Waals surface area contributed by atoms with Crippen LogP contribution in [0.2, 0.25) is 0 Å². The second kappa shape index (κ2) is 4.18. The van der Waals surface area contributed by atoms with E-state index in [1.54, 1.807) is 0 Å². The number of carboxylic acids is 1. The molecule has 0 radical (unpaired) electrons. The van der Waals surface area contributed by atoms with Gasteiger partial charge in [0.25, 0.3) is 0 Å². The Kier molecular flexibility index (Phi) is 2.72. The van der Waals surface area contributed by atoms with Crippen LogP contribution in [0, 0.1) is 0 Å². The molecule has 1 aromatic heterocycles. The zero-order chi connectivity index (χ0) is 11.5. The summed E-state index contributed by atoms with van der Waals surface area (Å²) in [5.41, 5.74) is 2.92. The minimum Gasteiger partial charge on any atom is -0.475 e. The molecular weight excluding hydrogens is 204 g/mol. The molecule has 2 N–H and O–H groups in total. The Bertz CT molecular complexity index is 500. The van der Waals surface area contributed by atoms with Gasteiger partial charge in [-0.05, 0) is 17.5 Å². The van der Waals surface area contributed by atoms with E-state index in [4.69, 9.17) is 5.11 Å². The summed E-state index contributed by atoms with van der Waals surface area (Å²) in [6.45, 7) is 2.09. The van der Waals surface area contributed by atoms with Gasteiger partial charge in [-0.3, -0.25) is 0 Å². The average molecular weight is 216 g/mol. The summed E-state index contributed by atoms with van der Waals surface area (Å²) in [4.78, 5) is 17.2. The molecule has 1 heterocycles. The van der Waals surface area contributed by atoms with Gasteiger partial charge in [0.2, 0.25) is 5.82 Å². The van der Waals surface area contributed by atoms with Crippen LogP contribution in [0.25, 0.3) is 11.3 Å². The molecule has 0 aliphatic rings. The standard InChI is InChI=1S/C12H12N2O2/c1-2-8-3-5-9(6-4-8)10-7-13-11(14-10)12(15)16/h3-7H,2H2,1H3,(H,13,14)(H,15,16). The lowest BCUT2D eigenvalue weighted by atomic mass is 10.1. The number of aryl methyl sites for hydroxylation is 1. The maximum atomic E-state index is 10.7. The molecule has 2 rings (SSSR count). The Morgan fingerprint density at radius 1 is 1.38 bits per heavy atom. The molecular formula is C12H12N2O2. The third-order valence-electron chi connectivity index (χ3n) is 2.45. The van der Waals surface area contributed by atoms with Crippen molar-refractivity contribution in [2.45, 2.75) is 13.3 Å². The number of imidazole rings is 1. The van der Waals surface area contributed by atoms with E-state index in [1.807, 2.05) is 24.3 Å². The van der Waals surface area contributed by atoms with E-state index in [1.165, 1.54) is 11.8 Å². The Labute approximate surface area is 93.0 Å². The van der Waals surface area contributed by atoms with Crippen molar-refractivity contribution in [1.29, 1.82) is 0 Å². The number of benzene rings is 1. The lowest BCUT2D eigenvalue weighted by molar-refractivity contribution is 0.0685. The van der Waals surface area contributed by atoms with Crippen LogP contribution >= 0.6 is 0 Å². The summed E-state index contributed by atoms with van der Waals surface area (Å²) < 4.78 is 0. The molecule has 0 amide bonds. The molecule has 0 saturated carbocycles. The molecule has 0 unspecified atom stereocenters. The number of carboxylic acid groups (broad SMARTS) is 1. The topological polar surface area (TPSA) is 66.0 Å². The highest BCUT2D eigenvalue weighted by atomic mass is 16.4. The Balaban J connectivity index is 2.31. The molecule has 0 spiro atoms. The first-order valence-electron chi connectivity index (χ1n) is 5.08. The van der Waals surface area contributed by atoms with Crippen molar-refractivity contribution in [2.24, 2.45) is 0 Å². The van der Waals surface area contributed by atoms with Crippen LogP contribution in [-0.4, -0.2) is 21.0 Å². The molecule has 0 fully saturated rings. The lowest BCUT2D eigenvalue weighted by Gasteiger charge is -1.99. The quantitative estimate of drug-likeness (QED) is 0.827. The van der Waals surface area contributed by atoms with Gasteiger partial charge in [-0.1, -0.05) is 31.2 Å². The van der Waals surface area contributed by atoms with Crippen molar-refractivity contribution < 1.29 is 9.90 Å². The van der Waals surface area contributed by atoms with Crippen molar-refractivity contribution in [3.63, 3.8) is 0 Å². The number of hydrogen-bond donors (Lipinski definition) is 2. The van der Waals surface area contributed by atoms with E-state index in [-0.39, 0.29) is 5.82 Å². The minimum absolute atomic E-state index is 0.0328. The van der Waals surface area contributed by atoms with Crippen molar-refractivity contribution in [2.75, 3.05) is 0 Å². The highest BCUT2D eigenvalue weighted by molar-refractivity contribution is 5.84. The number of H-pyrrole nitrogens is 1. The van der Waals surface area contributed by atoms with Crippen molar-refractivity contribution in [1.82, 2.24) is 9.97 Å². The number of nitrogens with one attached hydrogen (secondary N) is 1. The van der Waals surface area contributed by atoms with E-state index in [2.05, 4.69) is 16.9 Å². The predicted octanol–water partition coefficient (Wildman–Crippen LogP) is 2.34. The molecule has 0 aliphatic heterocycles. The predicted molar refractivity (Wildman–Crippen MR) is 60.4 cm³/mol. The maximum Gasteiger partial charge on any atom is 0.371 e. The number of aromatic carboxylic acids is 1. The molecule has 4 nitrogen and oxygen atoms in total. The van der Waals surface area contributed by atoms with Crippen molar-refractivity contribution in [3.8, 4) is 11.3 Å². The van der Waals surface area contributed by atoms with Crippen LogP contribution in [0.3, 0.4) is 0 Å². The zero-order valence-corrected chi connectivity index (χ0v) is 8.90. The highest BCUT2D eigenvalue weighted by Gasteiger charge is 2.08. The van der Waals surface area contributed by atoms with Crippen LogP contribution in [0.1, 0.15) is 23.1 Å². The van der Waals surface area contributed by atoms with Gasteiger partial charge in [0, 0.05) is 0 Å². The van der Waals surface area contributed by atoms with E-state index >= 15 is 0 Å². The van der Waals surface area contributed by atoms with Crippen LogP contribution < -0.4 is 0 Å². The first kappa shape index (κ1) is 10.4. The third kappa shape index (κ3) is 1.95. The van der Waals surface area contributed by atoms with Gasteiger partial charge in [0.15, 0.2) is 0 Å². The van der Waals surface area contributed by atoms with Crippen molar-refractivity contribution >= 4 is 5.97 Å². The first-order valence-corrected chi connectivity index (χ1v) is 5.08. The van der Waals surface area contributed by atoms with Crippen molar-refractivity contribution in [3.05, 3.63) is 41.9 Å². The number of nitrogens with zero attached hydrogens (tertiary/aromatic N) is 1. The number of carbonyl (C=O) groups is 1. The number of aromatic amines is 1. The van der Waals surface area contributed by atoms with E-state index in [0.29, 0.717) is 0 Å². The summed E-state index contributed by atoms with van der Waals surface area (Å²) in [6, 6.07) is 7.96. The minimum atomic E-state index is -1.04. The fraction of sp³-hybridized carbons (Fsp3) is 0.167. The zero-order valence-electron chi connectivity index (χ0n) is 8.90. The number of hydrogen-bond acceptors (Lipinski definition) is 2. The monoisotopic (exact) mass is 216 g/mol. The fourth-order valence-electron chi connectivity index (χ4n) is 1.50. The van der Waals surface area contributed by atoms with Crippen LogP contribution in [0.5, 0.6) is 0 Å². The van der Waals surface area contributed by atoms with Gasteiger partial charge in [-0.25, -0.2) is 9.78 Å². The summed E-state index contributed by atoms with van der Waals surface area (Å²) >= 11 is 0. The van der Waals surface area contributed by atoms with Crippen LogP contribution in [-0.2, 0) is 6.42 Å². The van der Waals surface area contributed by atoms with Gasteiger partial charge in [0.05, 0.1) is 11.9 Å². The second-order valence-corrected chi connectivity index (χ2v) is 3.50. The Morgan fingerprint density at radius 2 is 2.06 bits per heavy atom. The van der Waals surface area contributed by atoms with Gasteiger partial charge >= 0.3 is 5.97 Å². The smallest absolute Gasteiger partial charge is 0.371 e. The molecule has 82 valence electrons. The summed E-state index contributed by atoms with van der Waals surface area (Å²) in [5.74, 6) is -1.08. The molecule has 0 aliphatic carbocycles. The van der Waals surface area contributed by atoms with Crippen LogP contribution in [0.4, 0.5) is 0 Å². The van der Waals surface area contributed by atoms with Gasteiger partial charge in [-0.15, -0.1) is 0 Å². The van der Waals surface area contributed by atoms with E-state index in [9.17, 15) is 4.79 Å². The third-order valence-corrected chi connectivity index (χ3v) is 2.45. The largest absolute Gasteiger partial charge is 0.475 e. The molecule has 1 aromatic carbocycles. The molecule has 2 aromatic rings. The van der Waals surface area contributed by atoms with Gasteiger partial charge in [-0.2, -0.15) is 0 Å². The summed E-state index contributed by atoms with van der Waals surface area (Å²) in [5, 5.41) is 8.73. The maximum absolute atomic E-state index is 10.7. The first-order chi connectivity index (χ1) is 7.70.